The normalized spacial score (nSPS) is 27.8. The highest BCUT2D eigenvalue weighted by Gasteiger charge is 2.53. The lowest BCUT2D eigenvalue weighted by atomic mass is 9.75. The molecular formula is C23H26N4O3S2. The fourth-order valence-electron chi connectivity index (χ4n) is 4.98. The van der Waals surface area contributed by atoms with E-state index in [1.165, 1.54) is 5.01 Å². The summed E-state index contributed by atoms with van der Waals surface area (Å²) in [6.45, 7) is 1.88. The van der Waals surface area contributed by atoms with E-state index in [9.17, 15) is 14.4 Å². The highest BCUT2D eigenvalue weighted by molar-refractivity contribution is 7.12. The second-order valence-corrected chi connectivity index (χ2v) is 10.7. The highest BCUT2D eigenvalue weighted by Crippen LogP contribution is 2.39. The van der Waals surface area contributed by atoms with Crippen molar-refractivity contribution < 1.29 is 14.4 Å². The second kappa shape index (κ2) is 8.44. The molecule has 1 spiro atoms. The molecule has 0 aromatic carbocycles. The van der Waals surface area contributed by atoms with Crippen LogP contribution in [0.25, 0.3) is 0 Å². The van der Waals surface area contributed by atoms with Crippen molar-refractivity contribution in [3.05, 3.63) is 44.8 Å². The average Bonchev–Trinajstić information content (AvgIpc) is 3.58. The van der Waals surface area contributed by atoms with Gasteiger partial charge < -0.3 is 5.32 Å². The first kappa shape index (κ1) is 21.3. The van der Waals surface area contributed by atoms with Crippen molar-refractivity contribution in [3.8, 4) is 0 Å². The highest BCUT2D eigenvalue weighted by atomic mass is 32.1. The molecule has 3 aliphatic rings. The van der Waals surface area contributed by atoms with Gasteiger partial charge in [0.15, 0.2) is 0 Å². The Kier molecular flexibility index (Phi) is 5.63. The van der Waals surface area contributed by atoms with Gasteiger partial charge in [-0.3, -0.25) is 14.5 Å². The Bertz CT molecular complexity index is 1040. The molecule has 1 atom stereocenters. The van der Waals surface area contributed by atoms with E-state index >= 15 is 0 Å². The zero-order valence-corrected chi connectivity index (χ0v) is 19.6. The quantitative estimate of drug-likeness (QED) is 0.659. The van der Waals surface area contributed by atoms with Gasteiger partial charge in [0, 0.05) is 11.3 Å². The maximum Gasteiger partial charge on any atom is 0.325 e. The molecule has 2 aliphatic heterocycles. The summed E-state index contributed by atoms with van der Waals surface area (Å²) in [7, 11) is 0. The summed E-state index contributed by atoms with van der Waals surface area (Å²) in [5.74, 6) is -0.000318. The number of thiophene rings is 2. The summed E-state index contributed by atoms with van der Waals surface area (Å²) in [4.78, 5) is 42.5. The smallest absolute Gasteiger partial charge is 0.323 e. The van der Waals surface area contributed by atoms with Gasteiger partial charge in [0.05, 0.1) is 16.6 Å². The Labute approximate surface area is 195 Å². The van der Waals surface area contributed by atoms with Crippen LogP contribution in [0.5, 0.6) is 0 Å². The third-order valence-corrected chi connectivity index (χ3v) is 8.81. The van der Waals surface area contributed by atoms with Crippen LogP contribution in [0, 0.1) is 5.92 Å². The molecule has 4 heterocycles. The van der Waals surface area contributed by atoms with E-state index in [-0.39, 0.29) is 24.4 Å². The minimum atomic E-state index is -0.841. The number of rotatable bonds is 5. The van der Waals surface area contributed by atoms with Gasteiger partial charge in [-0.15, -0.1) is 22.7 Å². The largest absolute Gasteiger partial charge is 0.325 e. The van der Waals surface area contributed by atoms with Crippen LogP contribution < -0.4 is 5.32 Å². The molecule has 4 amide bonds. The number of hydrogen-bond acceptors (Lipinski definition) is 6. The maximum absolute atomic E-state index is 13.3. The van der Waals surface area contributed by atoms with Crippen molar-refractivity contribution in [2.45, 2.75) is 57.0 Å². The van der Waals surface area contributed by atoms with Crippen LogP contribution in [-0.4, -0.2) is 45.5 Å². The van der Waals surface area contributed by atoms with Gasteiger partial charge in [0.2, 0.25) is 0 Å². The van der Waals surface area contributed by atoms with E-state index in [1.54, 1.807) is 22.7 Å². The van der Waals surface area contributed by atoms with Crippen molar-refractivity contribution in [2.24, 2.45) is 11.0 Å². The van der Waals surface area contributed by atoms with Crippen LogP contribution >= 0.6 is 22.7 Å². The molecule has 168 valence electrons. The van der Waals surface area contributed by atoms with Crippen LogP contribution in [0.1, 0.15) is 61.2 Å². The van der Waals surface area contributed by atoms with Gasteiger partial charge in [-0.05, 0) is 54.5 Å². The number of imide groups is 1. The predicted octanol–water partition coefficient (Wildman–Crippen LogP) is 4.38. The number of urea groups is 1. The molecule has 2 aromatic heterocycles. The molecule has 5 rings (SSSR count). The van der Waals surface area contributed by atoms with Gasteiger partial charge in [-0.25, -0.2) is 9.80 Å². The summed E-state index contributed by atoms with van der Waals surface area (Å²) >= 11 is 3.17. The number of hydrogen-bond donors (Lipinski definition) is 1. The molecule has 1 saturated carbocycles. The molecule has 7 nitrogen and oxygen atoms in total. The van der Waals surface area contributed by atoms with Crippen LogP contribution in [0.4, 0.5) is 4.79 Å². The average molecular weight is 471 g/mol. The standard InChI is InChI=1S/C23H26N4O3S2/c1-2-15-7-9-23(10-8-15)21(29)26(22(30)24-23)14-20(28)27-17(19-6-4-12-32-19)13-16(25-27)18-5-3-11-31-18/h3-6,11-12,15,17H,2,7-10,13-14H2,1H3,(H,24,30). The lowest BCUT2D eigenvalue weighted by Gasteiger charge is -2.34. The molecule has 2 fully saturated rings. The molecule has 2 aromatic rings. The van der Waals surface area contributed by atoms with E-state index in [2.05, 4.69) is 17.3 Å². The van der Waals surface area contributed by atoms with Gasteiger partial charge in [0.25, 0.3) is 11.8 Å². The third kappa shape index (κ3) is 3.67. The number of nitrogens with zero attached hydrogens (tertiary/aromatic N) is 3. The van der Waals surface area contributed by atoms with Crippen LogP contribution in [0.3, 0.4) is 0 Å². The number of amides is 4. The molecular weight excluding hydrogens is 444 g/mol. The molecule has 1 N–H and O–H groups in total. The molecule has 1 saturated heterocycles. The first-order chi connectivity index (χ1) is 15.5. The van der Waals surface area contributed by atoms with E-state index < -0.39 is 11.6 Å². The van der Waals surface area contributed by atoms with Crippen LogP contribution in [0.15, 0.2) is 40.1 Å². The third-order valence-electron chi connectivity index (χ3n) is 6.92. The zero-order chi connectivity index (χ0) is 22.3. The first-order valence-corrected chi connectivity index (χ1v) is 12.9. The van der Waals surface area contributed by atoms with Crippen LogP contribution in [-0.2, 0) is 9.59 Å². The van der Waals surface area contributed by atoms with Gasteiger partial charge in [-0.2, -0.15) is 5.10 Å². The van der Waals surface area contributed by atoms with E-state index in [0.29, 0.717) is 25.2 Å². The van der Waals surface area contributed by atoms with E-state index in [4.69, 9.17) is 0 Å². The first-order valence-electron chi connectivity index (χ1n) is 11.1. The van der Waals surface area contributed by atoms with Crippen molar-refractivity contribution in [1.29, 1.82) is 0 Å². The molecule has 32 heavy (non-hydrogen) atoms. The van der Waals surface area contributed by atoms with Crippen molar-refractivity contribution in [3.63, 3.8) is 0 Å². The minimum absolute atomic E-state index is 0.214. The van der Waals surface area contributed by atoms with Crippen molar-refractivity contribution in [2.75, 3.05) is 6.54 Å². The van der Waals surface area contributed by atoms with Gasteiger partial charge in [0.1, 0.15) is 12.1 Å². The van der Waals surface area contributed by atoms with Crippen molar-refractivity contribution >= 4 is 46.2 Å². The second-order valence-electron chi connectivity index (χ2n) is 8.75. The Balaban J connectivity index is 1.35. The number of carbonyl (C=O) groups is 3. The Morgan fingerprint density at radius 2 is 1.94 bits per heavy atom. The molecule has 1 unspecified atom stereocenters. The monoisotopic (exact) mass is 470 g/mol. The van der Waals surface area contributed by atoms with Crippen LogP contribution in [0.2, 0.25) is 0 Å². The lowest BCUT2D eigenvalue weighted by Crippen LogP contribution is -2.50. The minimum Gasteiger partial charge on any atom is -0.323 e. The molecule has 0 bridgehead atoms. The molecule has 0 radical (unpaired) electrons. The lowest BCUT2D eigenvalue weighted by molar-refractivity contribution is -0.140. The summed E-state index contributed by atoms with van der Waals surface area (Å²) in [6, 6.07) is 7.24. The Morgan fingerprint density at radius 1 is 1.19 bits per heavy atom. The summed E-state index contributed by atoms with van der Waals surface area (Å²) in [5.41, 5.74) is 0.0189. The maximum atomic E-state index is 13.3. The van der Waals surface area contributed by atoms with Gasteiger partial charge in [-0.1, -0.05) is 25.5 Å². The van der Waals surface area contributed by atoms with E-state index in [1.807, 2.05) is 35.0 Å². The fourth-order valence-corrected chi connectivity index (χ4v) is 6.51. The Morgan fingerprint density at radius 3 is 2.59 bits per heavy atom. The number of carbonyl (C=O) groups excluding carboxylic acids is 3. The predicted molar refractivity (Wildman–Crippen MR) is 125 cm³/mol. The van der Waals surface area contributed by atoms with Gasteiger partial charge >= 0.3 is 6.03 Å². The zero-order valence-electron chi connectivity index (χ0n) is 18.0. The van der Waals surface area contributed by atoms with E-state index in [0.717, 1.165) is 39.6 Å². The summed E-state index contributed by atoms with van der Waals surface area (Å²) < 4.78 is 0. The van der Waals surface area contributed by atoms with Crippen molar-refractivity contribution in [1.82, 2.24) is 15.2 Å². The molecule has 1 aliphatic carbocycles. The summed E-state index contributed by atoms with van der Waals surface area (Å²) in [5, 5.41) is 13.0. The number of nitrogens with one attached hydrogen (secondary N) is 1. The molecule has 9 heteroatoms. The fraction of sp³-hybridized carbons (Fsp3) is 0.478. The SMILES string of the molecule is CCC1CCC2(CC1)NC(=O)N(CC(=O)N1N=C(c3cccs3)CC1c1cccs1)C2=O. The summed E-state index contributed by atoms with van der Waals surface area (Å²) in [6.07, 6.45) is 4.84. The number of hydrazone groups is 1. The topological polar surface area (TPSA) is 82.1 Å². The Hall–Kier alpha value is -2.52.